The number of para-hydroxylation sites is 3. The summed E-state index contributed by atoms with van der Waals surface area (Å²) >= 11 is 13.1. The largest absolute Gasteiger partial charge is 0.494 e. The van der Waals surface area contributed by atoms with Crippen LogP contribution in [0, 0.1) is 6.92 Å². The average molecular weight is 1170 g/mol. The number of hydrogen-bond donors (Lipinski definition) is 2. The molecule has 13 aromatic rings. The number of ether oxygens (including phenoxy) is 2. The zero-order valence-electron chi connectivity index (χ0n) is 47.9. The van der Waals surface area contributed by atoms with Crippen molar-refractivity contribution in [3.05, 3.63) is 227 Å². The minimum absolute atomic E-state index is 0.194. The van der Waals surface area contributed by atoms with Gasteiger partial charge in [-0.3, -0.25) is 4.79 Å². The van der Waals surface area contributed by atoms with E-state index in [1.165, 1.54) is 0 Å². The fourth-order valence-electron chi connectivity index (χ4n) is 12.0. The van der Waals surface area contributed by atoms with Gasteiger partial charge in [-0.25, -0.2) is 4.79 Å². The normalized spacial score (nSPS) is 12.6. The van der Waals surface area contributed by atoms with Gasteiger partial charge < -0.3 is 29.2 Å². The molecule has 0 aliphatic carbocycles. The second-order valence-electron chi connectivity index (χ2n) is 21.3. The maximum atomic E-state index is 14.6. The van der Waals surface area contributed by atoms with E-state index in [2.05, 4.69) is 40.0 Å². The Hall–Kier alpha value is -10.2. The van der Waals surface area contributed by atoms with Gasteiger partial charge in [0.1, 0.15) is 17.1 Å². The first-order valence-corrected chi connectivity index (χ1v) is 28.8. The third-order valence-electron chi connectivity index (χ3n) is 16.3. The summed E-state index contributed by atoms with van der Waals surface area (Å²) in [6.45, 7) is 4.06. The number of anilines is 4. The Labute approximate surface area is 505 Å². The number of halogens is 2. The molecule has 0 bridgehead atoms. The van der Waals surface area contributed by atoms with Gasteiger partial charge in [-0.05, 0) is 139 Å². The van der Waals surface area contributed by atoms with Crippen LogP contribution in [0.3, 0.4) is 0 Å². The Morgan fingerprint density at radius 3 is 1.62 bits per heavy atom. The van der Waals surface area contributed by atoms with Gasteiger partial charge in [0.05, 0.1) is 49.2 Å². The molecule has 13 nitrogen and oxygen atoms in total. The van der Waals surface area contributed by atoms with Gasteiger partial charge in [0.2, 0.25) is 5.75 Å². The molecule has 86 heavy (non-hydrogen) atoms. The summed E-state index contributed by atoms with van der Waals surface area (Å²) in [5.74, 6) is 0.442. The topological polar surface area (TPSA) is 140 Å². The monoisotopic (exact) mass is 1170 g/mol. The first kappa shape index (κ1) is 55.0. The summed E-state index contributed by atoms with van der Waals surface area (Å²) in [7, 11) is 6.79. The smallest absolute Gasteiger partial charge is 0.311 e. The molecule has 0 saturated heterocycles. The highest BCUT2D eigenvalue weighted by Crippen LogP contribution is 2.52. The van der Waals surface area contributed by atoms with Crippen LogP contribution < -0.4 is 23.8 Å². The molecule has 2 amide bonds. The van der Waals surface area contributed by atoms with Gasteiger partial charge >= 0.3 is 6.41 Å². The molecule has 15 heteroatoms. The second-order valence-corrected chi connectivity index (χ2v) is 22.2. The molecule has 0 saturated carbocycles. The van der Waals surface area contributed by atoms with Crippen LogP contribution in [0.25, 0.3) is 65.2 Å². The molecule has 1 atom stereocenters. The number of carbonyl (C=O) groups is 2. The molecular weight excluding hydrogens is 1110 g/mol. The number of aromatic amines is 2. The van der Waals surface area contributed by atoms with Gasteiger partial charge in [-0.15, -0.1) is 10.2 Å². The minimum atomic E-state index is -0.260. The number of quaternary nitrogens is 1. The van der Waals surface area contributed by atoms with Crippen molar-refractivity contribution < 1.29 is 19.1 Å². The third-order valence-corrected chi connectivity index (χ3v) is 16.7. The lowest BCUT2D eigenvalue weighted by atomic mass is 9.99. The number of H-pyrrole nitrogens is 2. The summed E-state index contributed by atoms with van der Waals surface area (Å²) in [4.78, 5) is 39.2. The third kappa shape index (κ3) is 9.52. The van der Waals surface area contributed by atoms with Gasteiger partial charge in [-0.1, -0.05) is 109 Å². The molecule has 11 aromatic carbocycles. The lowest BCUT2D eigenvalue weighted by Crippen LogP contribution is -2.39. The number of aryl methyl sites for hydroxylation is 2. The van der Waals surface area contributed by atoms with Gasteiger partial charge in [0.15, 0.2) is 11.4 Å². The lowest BCUT2D eigenvalue weighted by molar-refractivity contribution is -0.114. The quantitative estimate of drug-likeness (QED) is 0.0598. The van der Waals surface area contributed by atoms with Gasteiger partial charge in [0.25, 0.3) is 5.91 Å². The summed E-state index contributed by atoms with van der Waals surface area (Å²) in [5, 5.41) is 28.0. The second kappa shape index (κ2) is 22.4. The Morgan fingerprint density at radius 2 is 1.07 bits per heavy atom. The fraction of sp³-hybridized carbons (Fsp3) is 0.0986. The Morgan fingerprint density at radius 1 is 0.558 bits per heavy atom. The molecule has 422 valence electrons. The van der Waals surface area contributed by atoms with Gasteiger partial charge in [0, 0.05) is 101 Å². The maximum Gasteiger partial charge on any atom is 0.311 e. The van der Waals surface area contributed by atoms with Crippen LogP contribution >= 0.6 is 23.2 Å². The standard InChI is InChI=1S/C71H55Cl2N9O4/c1-7-43-16-12-14-20-61(43)82(4,41-83)62-38-45-22-34-54-56-40-47(73)24-36-59(56)75-66(54)64(45)68(70(62)86-6)79-77-49-27-31-52(32-28-49)81(50-17-9-8-10-18-50)51-29-25-48(26-30-51)76-78-67-63-44(21-33-53-55-39-46(72)23-35-58(55)74-65(53)63)37-57(69(67)85-5)71(84)80(3)60-19-13-11-15-42(60)2/h8-41H,7H2,1-6H3,(H-,74,75,76,77,84)/p+1. The summed E-state index contributed by atoms with van der Waals surface area (Å²) in [5.41, 5.74) is 12.7. The van der Waals surface area contributed by atoms with E-state index in [1.807, 2.05) is 196 Å². The minimum Gasteiger partial charge on any atom is -0.494 e. The molecule has 1 unspecified atom stereocenters. The molecule has 2 N–H and O–H groups in total. The maximum absolute atomic E-state index is 14.6. The molecule has 0 radical (unpaired) electrons. The number of nitrogens with one attached hydrogen (secondary N) is 2. The number of carbonyl (C=O) groups excluding carboxylic acids is 2. The SMILES string of the molecule is CCc1ccccc1[N+](C)(C=O)c1cc2ccc3c4cc(Cl)ccc4[nH]c3c2c(N=Nc2ccc(N(c3ccccc3)c3ccc(N=Nc4c(OC)c(C(=O)N(C)c5ccccc5C)cc5ccc6c7cc(Cl)ccc7[nH]c6c45)cc3)cc2)c1OC. The van der Waals surface area contributed by atoms with E-state index >= 15 is 0 Å². The van der Waals surface area contributed by atoms with E-state index in [0.717, 1.165) is 118 Å². The highest BCUT2D eigenvalue weighted by atomic mass is 35.5. The van der Waals surface area contributed by atoms with Crippen LogP contribution in [0.2, 0.25) is 10.0 Å². The Kier molecular flexibility index (Phi) is 14.4. The van der Waals surface area contributed by atoms with Crippen molar-refractivity contribution in [2.24, 2.45) is 20.5 Å². The highest BCUT2D eigenvalue weighted by molar-refractivity contribution is 6.33. The zero-order valence-corrected chi connectivity index (χ0v) is 49.4. The number of amides is 2. The van der Waals surface area contributed by atoms with Crippen molar-refractivity contribution in [3.8, 4) is 11.5 Å². The highest BCUT2D eigenvalue weighted by Gasteiger charge is 2.37. The zero-order chi connectivity index (χ0) is 59.4. The van der Waals surface area contributed by atoms with Crippen LogP contribution in [0.1, 0.15) is 28.4 Å². The van der Waals surface area contributed by atoms with E-state index in [1.54, 1.807) is 26.2 Å². The Bertz CT molecular complexity index is 4910. The number of nitrogens with zero attached hydrogens (tertiary/aromatic N) is 7. The molecule has 2 aromatic heterocycles. The van der Waals surface area contributed by atoms with Gasteiger partial charge in [-0.2, -0.15) is 14.7 Å². The summed E-state index contributed by atoms with van der Waals surface area (Å²) in [6.07, 6.45) is 1.66. The molecular formula is C71H56Cl2N9O4+. The molecule has 2 heterocycles. The summed E-state index contributed by atoms with van der Waals surface area (Å²) in [6, 6.07) is 65.0. The van der Waals surface area contributed by atoms with Crippen LogP contribution in [-0.4, -0.2) is 50.6 Å². The first-order valence-electron chi connectivity index (χ1n) is 28.0. The number of aromatic nitrogens is 2. The predicted molar refractivity (Wildman–Crippen MR) is 352 cm³/mol. The van der Waals surface area contributed by atoms with Crippen molar-refractivity contribution in [2.45, 2.75) is 20.3 Å². The van der Waals surface area contributed by atoms with Crippen LogP contribution in [-0.2, 0) is 11.2 Å². The lowest BCUT2D eigenvalue weighted by Gasteiger charge is -2.30. The number of hydrogen-bond acceptors (Lipinski definition) is 9. The molecule has 0 aliphatic heterocycles. The van der Waals surface area contributed by atoms with E-state index in [0.29, 0.717) is 49.8 Å². The molecule has 0 fully saturated rings. The molecule has 0 spiro atoms. The Balaban J connectivity index is 0.881. The van der Waals surface area contributed by atoms with Crippen molar-refractivity contribution >= 4 is 158 Å². The first-order chi connectivity index (χ1) is 41.9. The van der Waals surface area contributed by atoms with Crippen molar-refractivity contribution in [1.82, 2.24) is 14.5 Å². The number of methoxy groups -OCH3 is 2. The fourth-order valence-corrected chi connectivity index (χ4v) is 12.3. The van der Waals surface area contributed by atoms with Crippen molar-refractivity contribution in [3.63, 3.8) is 0 Å². The van der Waals surface area contributed by atoms with Crippen LogP contribution in [0.15, 0.2) is 221 Å². The van der Waals surface area contributed by atoms with E-state index in [-0.39, 0.29) is 16.1 Å². The predicted octanol–water partition coefficient (Wildman–Crippen LogP) is 20.5. The number of fused-ring (bicyclic) bond motifs is 10. The van der Waals surface area contributed by atoms with Crippen molar-refractivity contribution in [1.29, 1.82) is 0 Å². The number of azo groups is 2. The molecule has 13 rings (SSSR count). The average Bonchev–Trinajstić information content (AvgIpc) is 1.50. The van der Waals surface area contributed by atoms with E-state index in [4.69, 9.17) is 53.1 Å². The summed E-state index contributed by atoms with van der Waals surface area (Å²) < 4.78 is 12.3. The van der Waals surface area contributed by atoms with Crippen molar-refractivity contribution in [2.75, 3.05) is 38.1 Å². The molecule has 0 aliphatic rings. The van der Waals surface area contributed by atoms with Crippen LogP contribution in [0.5, 0.6) is 11.5 Å². The van der Waals surface area contributed by atoms with E-state index < -0.39 is 0 Å². The number of benzene rings is 11. The number of rotatable bonds is 15. The van der Waals surface area contributed by atoms with E-state index in [9.17, 15) is 9.59 Å². The van der Waals surface area contributed by atoms with Crippen LogP contribution in [0.4, 0.5) is 56.9 Å².